The molecule has 2 saturated heterocycles. The van der Waals surface area contributed by atoms with Crippen molar-refractivity contribution < 1.29 is 18.7 Å². The summed E-state index contributed by atoms with van der Waals surface area (Å²) >= 11 is 0. The molecule has 0 aliphatic carbocycles. The Morgan fingerprint density at radius 1 is 1.26 bits per heavy atom. The number of hydrogen-bond acceptors (Lipinski definition) is 4. The van der Waals surface area contributed by atoms with Crippen LogP contribution in [-0.2, 0) is 16.1 Å². The van der Waals surface area contributed by atoms with Gasteiger partial charge in [0.1, 0.15) is 12.4 Å². The van der Waals surface area contributed by atoms with Gasteiger partial charge in [0, 0.05) is 39.3 Å². The summed E-state index contributed by atoms with van der Waals surface area (Å²) in [5, 5.41) is 3.01. The molecule has 0 aromatic heterocycles. The summed E-state index contributed by atoms with van der Waals surface area (Å²) in [7, 11) is 2.00. The largest absolute Gasteiger partial charge is 0.375 e. The van der Waals surface area contributed by atoms with E-state index in [2.05, 4.69) is 10.2 Å². The molecule has 2 atom stereocenters. The van der Waals surface area contributed by atoms with Gasteiger partial charge < -0.3 is 24.8 Å². The van der Waals surface area contributed by atoms with Gasteiger partial charge in [0.15, 0.2) is 0 Å². The standard InChI is InChI=1S/C19H27FN4O3/c1-3-27-17-12-22(2)11-16(17)21-19(26)24-9-8-23(18(25)13-24)10-14-4-6-15(20)7-5-14/h4-7,16-17H,3,8-13H2,1-2H3,(H,21,26)/t16-,17-/m0/s1. The summed E-state index contributed by atoms with van der Waals surface area (Å²) in [6.07, 6.45) is -0.0283. The van der Waals surface area contributed by atoms with Crippen LogP contribution in [0.2, 0.25) is 0 Å². The first kappa shape index (κ1) is 19.6. The highest BCUT2D eigenvalue weighted by molar-refractivity contribution is 5.85. The van der Waals surface area contributed by atoms with E-state index < -0.39 is 0 Å². The molecule has 2 fully saturated rings. The Bertz CT molecular complexity index is 669. The van der Waals surface area contributed by atoms with Gasteiger partial charge >= 0.3 is 6.03 Å². The Labute approximate surface area is 159 Å². The molecule has 0 saturated carbocycles. The highest BCUT2D eigenvalue weighted by Crippen LogP contribution is 2.14. The molecule has 0 radical (unpaired) electrons. The van der Waals surface area contributed by atoms with Crippen LogP contribution in [0.25, 0.3) is 0 Å². The van der Waals surface area contributed by atoms with E-state index in [0.717, 1.165) is 18.7 Å². The van der Waals surface area contributed by atoms with Crippen molar-refractivity contribution >= 4 is 11.9 Å². The first-order valence-corrected chi connectivity index (χ1v) is 9.34. The minimum atomic E-state index is -0.297. The number of ether oxygens (including phenoxy) is 1. The molecule has 1 aromatic rings. The van der Waals surface area contributed by atoms with Crippen molar-refractivity contribution in [3.63, 3.8) is 0 Å². The third-order valence-corrected chi connectivity index (χ3v) is 5.03. The van der Waals surface area contributed by atoms with Crippen LogP contribution in [-0.4, -0.2) is 85.2 Å². The van der Waals surface area contributed by atoms with Crippen LogP contribution >= 0.6 is 0 Å². The van der Waals surface area contributed by atoms with Crippen LogP contribution in [0.3, 0.4) is 0 Å². The Hall–Kier alpha value is -2.19. The quantitative estimate of drug-likeness (QED) is 0.827. The SMILES string of the molecule is CCO[C@H]1CN(C)C[C@@H]1NC(=O)N1CCN(Cc2ccc(F)cc2)C(=O)C1. The average Bonchev–Trinajstić information content (AvgIpc) is 2.98. The average molecular weight is 378 g/mol. The lowest BCUT2D eigenvalue weighted by Gasteiger charge is -2.35. The van der Waals surface area contributed by atoms with Gasteiger partial charge in [-0.1, -0.05) is 12.1 Å². The molecule has 2 aliphatic rings. The maximum absolute atomic E-state index is 13.0. The lowest BCUT2D eigenvalue weighted by atomic mass is 10.2. The summed E-state index contributed by atoms with van der Waals surface area (Å²) in [6, 6.07) is 5.82. The molecule has 7 nitrogen and oxygen atoms in total. The maximum Gasteiger partial charge on any atom is 0.318 e. The molecule has 0 spiro atoms. The first-order valence-electron chi connectivity index (χ1n) is 9.34. The van der Waals surface area contributed by atoms with E-state index in [9.17, 15) is 14.0 Å². The third-order valence-electron chi connectivity index (χ3n) is 5.03. The number of likely N-dealkylation sites (tertiary alicyclic amines) is 1. The predicted molar refractivity (Wildman–Crippen MR) is 98.6 cm³/mol. The zero-order valence-electron chi connectivity index (χ0n) is 15.9. The second-order valence-corrected chi connectivity index (χ2v) is 7.13. The fourth-order valence-electron chi connectivity index (χ4n) is 3.59. The van der Waals surface area contributed by atoms with E-state index in [1.54, 1.807) is 21.9 Å². The lowest BCUT2D eigenvalue weighted by Crippen LogP contribution is -2.57. The number of rotatable bonds is 5. The number of amides is 3. The molecular formula is C19H27FN4O3. The Morgan fingerprint density at radius 2 is 2.00 bits per heavy atom. The van der Waals surface area contributed by atoms with Crippen LogP contribution in [0, 0.1) is 5.82 Å². The molecule has 3 amide bonds. The Kier molecular flexibility index (Phi) is 6.28. The van der Waals surface area contributed by atoms with E-state index in [4.69, 9.17) is 4.74 Å². The minimum Gasteiger partial charge on any atom is -0.375 e. The highest BCUT2D eigenvalue weighted by Gasteiger charge is 2.35. The number of nitrogens with one attached hydrogen (secondary N) is 1. The smallest absolute Gasteiger partial charge is 0.318 e. The Morgan fingerprint density at radius 3 is 2.67 bits per heavy atom. The molecule has 0 unspecified atom stereocenters. The van der Waals surface area contributed by atoms with Crippen LogP contribution in [0.15, 0.2) is 24.3 Å². The summed E-state index contributed by atoms with van der Waals surface area (Å²) in [4.78, 5) is 30.4. The fourth-order valence-corrected chi connectivity index (χ4v) is 3.59. The second kappa shape index (κ2) is 8.67. The third kappa shape index (κ3) is 4.95. The second-order valence-electron chi connectivity index (χ2n) is 7.13. The van der Waals surface area contributed by atoms with Gasteiger partial charge in [-0.3, -0.25) is 4.79 Å². The van der Waals surface area contributed by atoms with Crippen molar-refractivity contribution in [2.24, 2.45) is 0 Å². The van der Waals surface area contributed by atoms with Gasteiger partial charge in [-0.25, -0.2) is 9.18 Å². The monoisotopic (exact) mass is 378 g/mol. The normalized spacial score (nSPS) is 23.7. The van der Waals surface area contributed by atoms with Gasteiger partial charge in [0.2, 0.25) is 5.91 Å². The molecule has 1 N–H and O–H groups in total. The van der Waals surface area contributed by atoms with Crippen molar-refractivity contribution in [2.45, 2.75) is 25.6 Å². The summed E-state index contributed by atoms with van der Waals surface area (Å²) in [5.41, 5.74) is 0.871. The van der Waals surface area contributed by atoms with Crippen LogP contribution < -0.4 is 5.32 Å². The Balaban J connectivity index is 1.52. The zero-order valence-corrected chi connectivity index (χ0v) is 15.9. The number of likely N-dealkylation sites (N-methyl/N-ethyl adjacent to an activating group) is 1. The van der Waals surface area contributed by atoms with Crippen molar-refractivity contribution in [3.8, 4) is 0 Å². The maximum atomic E-state index is 13.0. The number of benzene rings is 1. The summed E-state index contributed by atoms with van der Waals surface area (Å²) in [6.45, 7) is 5.46. The number of carbonyl (C=O) groups is 2. The van der Waals surface area contributed by atoms with Crippen molar-refractivity contribution in [1.82, 2.24) is 20.0 Å². The first-order chi connectivity index (χ1) is 13.0. The van der Waals surface area contributed by atoms with Crippen molar-refractivity contribution in [1.29, 1.82) is 0 Å². The van der Waals surface area contributed by atoms with E-state index in [1.165, 1.54) is 12.1 Å². The molecule has 2 aliphatic heterocycles. The van der Waals surface area contributed by atoms with Gasteiger partial charge in [0.25, 0.3) is 0 Å². The summed E-state index contributed by atoms with van der Waals surface area (Å²) in [5.74, 6) is -0.403. The van der Waals surface area contributed by atoms with E-state index in [-0.39, 0.29) is 36.4 Å². The molecule has 27 heavy (non-hydrogen) atoms. The molecular weight excluding hydrogens is 351 g/mol. The number of halogens is 1. The minimum absolute atomic E-state index is 0.0283. The van der Waals surface area contributed by atoms with Crippen molar-refractivity contribution in [2.75, 3.05) is 46.4 Å². The van der Waals surface area contributed by atoms with E-state index in [1.807, 2.05) is 14.0 Å². The molecule has 3 rings (SSSR count). The van der Waals surface area contributed by atoms with E-state index >= 15 is 0 Å². The van der Waals surface area contributed by atoms with E-state index in [0.29, 0.717) is 26.2 Å². The fraction of sp³-hybridized carbons (Fsp3) is 0.579. The molecule has 2 heterocycles. The van der Waals surface area contributed by atoms with Gasteiger partial charge in [-0.2, -0.15) is 0 Å². The van der Waals surface area contributed by atoms with Crippen LogP contribution in [0.1, 0.15) is 12.5 Å². The number of hydrogen-bond donors (Lipinski definition) is 1. The summed E-state index contributed by atoms with van der Waals surface area (Å²) < 4.78 is 18.7. The number of urea groups is 1. The molecule has 8 heteroatoms. The zero-order chi connectivity index (χ0) is 19.4. The predicted octanol–water partition coefficient (Wildman–Crippen LogP) is 0.899. The van der Waals surface area contributed by atoms with Crippen LogP contribution in [0.5, 0.6) is 0 Å². The van der Waals surface area contributed by atoms with Gasteiger partial charge in [-0.15, -0.1) is 0 Å². The topological polar surface area (TPSA) is 65.1 Å². The number of nitrogens with zero attached hydrogens (tertiary/aromatic N) is 3. The molecule has 148 valence electrons. The number of piperazine rings is 1. The molecule has 1 aromatic carbocycles. The number of carbonyl (C=O) groups excluding carboxylic acids is 2. The lowest BCUT2D eigenvalue weighted by molar-refractivity contribution is -0.135. The van der Waals surface area contributed by atoms with Crippen molar-refractivity contribution in [3.05, 3.63) is 35.6 Å². The van der Waals surface area contributed by atoms with Gasteiger partial charge in [-0.05, 0) is 31.7 Å². The van der Waals surface area contributed by atoms with Crippen LogP contribution in [0.4, 0.5) is 9.18 Å². The highest BCUT2D eigenvalue weighted by atomic mass is 19.1. The molecule has 0 bridgehead atoms. The van der Waals surface area contributed by atoms with Gasteiger partial charge in [0.05, 0.1) is 12.1 Å².